The van der Waals surface area contributed by atoms with Crippen LogP contribution >= 0.6 is 0 Å². The molecular formula is C14H24N2O. The van der Waals surface area contributed by atoms with E-state index in [4.69, 9.17) is 5.11 Å². The Hall–Kier alpha value is -0.930. The normalized spacial score (nSPS) is 12.8. The van der Waals surface area contributed by atoms with Crippen molar-refractivity contribution in [3.63, 3.8) is 0 Å². The van der Waals surface area contributed by atoms with Gasteiger partial charge >= 0.3 is 0 Å². The maximum absolute atomic E-state index is 9.00. The lowest BCUT2D eigenvalue weighted by Gasteiger charge is -2.32. The van der Waals surface area contributed by atoms with Gasteiger partial charge in [-0.2, -0.15) is 0 Å². The third-order valence-electron chi connectivity index (χ3n) is 3.10. The first-order chi connectivity index (χ1) is 7.87. The van der Waals surface area contributed by atoms with E-state index >= 15 is 0 Å². The fourth-order valence-corrected chi connectivity index (χ4v) is 1.68. The van der Waals surface area contributed by atoms with Crippen LogP contribution in [-0.4, -0.2) is 28.8 Å². The topological polar surface area (TPSA) is 45.1 Å². The highest BCUT2D eigenvalue weighted by molar-refractivity contribution is 5.15. The first-order valence-corrected chi connectivity index (χ1v) is 6.15. The number of rotatable bonds is 6. The Balaban J connectivity index is 2.62. The second kappa shape index (κ2) is 5.61. The van der Waals surface area contributed by atoms with Gasteiger partial charge in [0.15, 0.2) is 0 Å². The molecule has 1 aromatic heterocycles. The highest BCUT2D eigenvalue weighted by Gasteiger charge is 2.25. The molecule has 0 aliphatic rings. The van der Waals surface area contributed by atoms with Gasteiger partial charge in [0.05, 0.1) is 0 Å². The third kappa shape index (κ3) is 4.44. The molecule has 0 atom stereocenters. The van der Waals surface area contributed by atoms with Gasteiger partial charge in [-0.25, -0.2) is 0 Å². The molecule has 3 nitrogen and oxygen atoms in total. The molecule has 0 saturated heterocycles. The fraction of sp³-hybridized carbons (Fsp3) is 0.643. The maximum atomic E-state index is 9.00. The van der Waals surface area contributed by atoms with Crippen LogP contribution < -0.4 is 5.32 Å². The number of aromatic nitrogens is 1. The molecule has 1 heterocycles. The van der Waals surface area contributed by atoms with Crippen molar-refractivity contribution in [1.82, 2.24) is 10.3 Å². The van der Waals surface area contributed by atoms with Crippen LogP contribution in [-0.2, 0) is 5.41 Å². The zero-order valence-corrected chi connectivity index (χ0v) is 11.3. The summed E-state index contributed by atoms with van der Waals surface area (Å²) in [5.41, 5.74) is 1.04. The van der Waals surface area contributed by atoms with Crippen LogP contribution in [0.3, 0.4) is 0 Å². The van der Waals surface area contributed by atoms with Gasteiger partial charge < -0.3 is 10.4 Å². The van der Waals surface area contributed by atoms with Crippen LogP contribution in [0.4, 0.5) is 0 Å². The van der Waals surface area contributed by atoms with Gasteiger partial charge in [0.2, 0.25) is 0 Å². The second-order valence-electron chi connectivity index (χ2n) is 5.81. The number of hydrogen-bond acceptors (Lipinski definition) is 3. The number of aliphatic hydroxyl groups is 1. The Morgan fingerprint density at radius 2 is 1.94 bits per heavy atom. The van der Waals surface area contributed by atoms with E-state index in [9.17, 15) is 0 Å². The molecule has 0 radical (unpaired) electrons. The summed E-state index contributed by atoms with van der Waals surface area (Å²) in [7, 11) is 0. The molecule has 0 aliphatic carbocycles. The van der Waals surface area contributed by atoms with Crippen molar-refractivity contribution in [2.24, 2.45) is 0 Å². The van der Waals surface area contributed by atoms with Gasteiger partial charge in [0, 0.05) is 36.0 Å². The highest BCUT2D eigenvalue weighted by atomic mass is 16.3. The van der Waals surface area contributed by atoms with Crippen LogP contribution in [0.5, 0.6) is 0 Å². The summed E-state index contributed by atoms with van der Waals surface area (Å²) in [4.78, 5) is 4.41. The van der Waals surface area contributed by atoms with Crippen LogP contribution in [0.25, 0.3) is 0 Å². The summed E-state index contributed by atoms with van der Waals surface area (Å²) in [5.74, 6) is 0. The molecule has 0 aliphatic heterocycles. The minimum atomic E-state index is -0.0409. The van der Waals surface area contributed by atoms with Gasteiger partial charge in [-0.3, -0.25) is 4.98 Å². The van der Waals surface area contributed by atoms with Crippen molar-refractivity contribution in [2.75, 3.05) is 13.2 Å². The number of nitrogens with zero attached hydrogens (tertiary/aromatic N) is 1. The van der Waals surface area contributed by atoms with E-state index in [0.29, 0.717) is 0 Å². The molecule has 1 aromatic rings. The number of pyridine rings is 1. The molecule has 0 bridgehead atoms. The predicted octanol–water partition coefficient (Wildman–Crippen LogP) is 2.11. The predicted molar refractivity (Wildman–Crippen MR) is 71.0 cm³/mol. The van der Waals surface area contributed by atoms with E-state index in [1.807, 2.05) is 18.3 Å². The molecule has 17 heavy (non-hydrogen) atoms. The molecule has 0 unspecified atom stereocenters. The highest BCUT2D eigenvalue weighted by Crippen LogP contribution is 2.21. The van der Waals surface area contributed by atoms with Gasteiger partial charge in [-0.1, -0.05) is 19.9 Å². The minimum absolute atomic E-state index is 0.00597. The monoisotopic (exact) mass is 236 g/mol. The molecular weight excluding hydrogens is 212 g/mol. The first kappa shape index (κ1) is 14.1. The summed E-state index contributed by atoms with van der Waals surface area (Å²) in [5, 5.41) is 12.5. The number of aliphatic hydroxyl groups excluding tert-OH is 1. The molecule has 0 aromatic carbocycles. The van der Waals surface area contributed by atoms with Crippen molar-refractivity contribution in [1.29, 1.82) is 0 Å². The molecule has 96 valence electrons. The Labute approximate surface area is 104 Å². The quantitative estimate of drug-likeness (QED) is 0.795. The van der Waals surface area contributed by atoms with Crippen LogP contribution in [0.15, 0.2) is 24.4 Å². The van der Waals surface area contributed by atoms with Crippen LogP contribution in [0.1, 0.15) is 39.8 Å². The molecule has 2 N–H and O–H groups in total. The Morgan fingerprint density at radius 1 is 1.24 bits per heavy atom. The second-order valence-corrected chi connectivity index (χ2v) is 5.81. The van der Waals surface area contributed by atoms with Crippen molar-refractivity contribution >= 4 is 0 Å². The van der Waals surface area contributed by atoms with Crippen molar-refractivity contribution in [2.45, 2.75) is 45.1 Å². The maximum Gasteiger partial charge on any atom is 0.0472 e. The van der Waals surface area contributed by atoms with Gasteiger partial charge in [-0.15, -0.1) is 0 Å². The van der Waals surface area contributed by atoms with Gasteiger partial charge in [0.1, 0.15) is 0 Å². The SMILES string of the molecule is CC(C)(CCO)NCC(C)(C)c1ccccn1. The van der Waals surface area contributed by atoms with Crippen LogP contribution in [0.2, 0.25) is 0 Å². The van der Waals surface area contributed by atoms with Gasteiger partial charge in [0.25, 0.3) is 0 Å². The lowest BCUT2D eigenvalue weighted by Crippen LogP contribution is -2.46. The molecule has 3 heteroatoms. The number of hydrogen-bond donors (Lipinski definition) is 2. The Morgan fingerprint density at radius 3 is 2.47 bits per heavy atom. The number of nitrogens with one attached hydrogen (secondary N) is 1. The lowest BCUT2D eigenvalue weighted by atomic mass is 9.87. The summed E-state index contributed by atoms with van der Waals surface area (Å²) in [6, 6.07) is 6.01. The summed E-state index contributed by atoms with van der Waals surface area (Å²) < 4.78 is 0. The molecule has 0 fully saturated rings. The zero-order valence-electron chi connectivity index (χ0n) is 11.3. The van der Waals surface area contributed by atoms with E-state index in [1.165, 1.54) is 0 Å². The minimum Gasteiger partial charge on any atom is -0.396 e. The average Bonchev–Trinajstić information content (AvgIpc) is 2.28. The molecule has 0 amide bonds. The van der Waals surface area contributed by atoms with Crippen molar-refractivity contribution < 1.29 is 5.11 Å². The summed E-state index contributed by atoms with van der Waals surface area (Å²) >= 11 is 0. The van der Waals surface area contributed by atoms with Crippen molar-refractivity contribution in [3.8, 4) is 0 Å². The zero-order chi connectivity index (χ0) is 12.9. The Kier molecular flexibility index (Phi) is 4.66. The summed E-state index contributed by atoms with van der Waals surface area (Å²) in [6.45, 7) is 9.63. The lowest BCUT2D eigenvalue weighted by molar-refractivity contribution is 0.223. The molecule has 0 spiro atoms. The van der Waals surface area contributed by atoms with E-state index in [2.05, 4.69) is 44.1 Å². The van der Waals surface area contributed by atoms with Gasteiger partial charge in [-0.05, 0) is 32.4 Å². The van der Waals surface area contributed by atoms with Crippen molar-refractivity contribution in [3.05, 3.63) is 30.1 Å². The fourth-order valence-electron chi connectivity index (χ4n) is 1.68. The third-order valence-corrected chi connectivity index (χ3v) is 3.10. The van der Waals surface area contributed by atoms with Crippen LogP contribution in [0, 0.1) is 0 Å². The first-order valence-electron chi connectivity index (χ1n) is 6.15. The van der Waals surface area contributed by atoms with E-state index < -0.39 is 0 Å². The largest absolute Gasteiger partial charge is 0.396 e. The van der Waals surface area contributed by atoms with E-state index in [-0.39, 0.29) is 17.6 Å². The molecule has 1 rings (SSSR count). The Bertz CT molecular complexity index is 333. The van der Waals surface area contributed by atoms with E-state index in [1.54, 1.807) is 0 Å². The molecule has 0 saturated carbocycles. The van der Waals surface area contributed by atoms with E-state index in [0.717, 1.165) is 18.7 Å². The smallest absolute Gasteiger partial charge is 0.0472 e. The average molecular weight is 236 g/mol. The summed E-state index contributed by atoms with van der Waals surface area (Å²) in [6.07, 6.45) is 2.58. The standard InChI is InChI=1S/C14H24N2O/c1-13(2,12-7-5-6-9-15-12)11-16-14(3,4)8-10-17/h5-7,9,16-17H,8,10-11H2,1-4H3.